The number of hydrogen-bond acceptors (Lipinski definition) is 4. The number of halogens is 1. The largest absolute Gasteiger partial charge is 0.441 e. The van der Waals surface area contributed by atoms with Gasteiger partial charge >= 0.3 is 0 Å². The molecule has 1 aromatic carbocycles. The summed E-state index contributed by atoms with van der Waals surface area (Å²) in [5.41, 5.74) is 5.68. The van der Waals surface area contributed by atoms with Crippen molar-refractivity contribution in [1.82, 2.24) is 10.3 Å². The van der Waals surface area contributed by atoms with Gasteiger partial charge in [-0.1, -0.05) is 26.0 Å². The number of nitrogens with zero attached hydrogens (tertiary/aromatic N) is 1. The molecule has 0 bridgehead atoms. The molecule has 1 amide bonds. The first-order chi connectivity index (χ1) is 11.4. The normalized spacial score (nSPS) is 13.8. The minimum absolute atomic E-state index is 0.109. The molecule has 0 fully saturated rings. The Balaban J connectivity index is 1.96. The summed E-state index contributed by atoms with van der Waals surface area (Å²) in [4.78, 5) is 16.2. The maximum atomic E-state index is 13.7. The summed E-state index contributed by atoms with van der Waals surface area (Å²) in [6.07, 6.45) is 2.06. The van der Waals surface area contributed by atoms with E-state index >= 15 is 0 Å². The van der Waals surface area contributed by atoms with Crippen LogP contribution in [0.1, 0.15) is 33.1 Å². The van der Waals surface area contributed by atoms with Gasteiger partial charge in [-0.05, 0) is 25.0 Å². The number of aromatic nitrogens is 1. The van der Waals surface area contributed by atoms with E-state index in [4.69, 9.17) is 10.2 Å². The molecule has 0 radical (unpaired) electrons. The maximum Gasteiger partial charge on any atom is 0.220 e. The van der Waals surface area contributed by atoms with E-state index in [-0.39, 0.29) is 24.1 Å². The molecule has 130 valence electrons. The van der Waals surface area contributed by atoms with Crippen LogP contribution in [0.3, 0.4) is 0 Å². The van der Waals surface area contributed by atoms with Crippen molar-refractivity contribution in [3.05, 3.63) is 42.2 Å². The maximum absolute atomic E-state index is 13.7. The second-order valence-electron chi connectivity index (χ2n) is 6.42. The number of rotatable bonds is 7. The van der Waals surface area contributed by atoms with E-state index in [1.165, 1.54) is 12.3 Å². The topological polar surface area (TPSA) is 81.1 Å². The van der Waals surface area contributed by atoms with Crippen LogP contribution in [0, 0.1) is 11.7 Å². The van der Waals surface area contributed by atoms with Crippen LogP contribution in [0.25, 0.3) is 11.3 Å². The van der Waals surface area contributed by atoms with Crippen molar-refractivity contribution in [3.63, 3.8) is 0 Å². The van der Waals surface area contributed by atoms with Crippen molar-refractivity contribution >= 4 is 5.91 Å². The number of nitrogens with two attached hydrogens (primary N) is 1. The third kappa shape index (κ3) is 4.20. The number of carbonyl (C=O) groups is 1. The van der Waals surface area contributed by atoms with E-state index in [2.05, 4.69) is 10.3 Å². The molecular formula is C18H24FN3O2. The number of benzene rings is 1. The smallest absolute Gasteiger partial charge is 0.220 e. The first-order valence-electron chi connectivity index (χ1n) is 8.06. The molecule has 0 saturated carbocycles. The fourth-order valence-corrected chi connectivity index (χ4v) is 2.24. The third-order valence-corrected chi connectivity index (χ3v) is 4.38. The Morgan fingerprint density at radius 1 is 1.42 bits per heavy atom. The highest BCUT2D eigenvalue weighted by Crippen LogP contribution is 2.23. The molecule has 3 N–H and O–H groups in total. The van der Waals surface area contributed by atoms with Gasteiger partial charge in [0.2, 0.25) is 5.91 Å². The van der Waals surface area contributed by atoms with Gasteiger partial charge in [-0.3, -0.25) is 4.79 Å². The molecule has 0 spiro atoms. The average Bonchev–Trinajstić information content (AvgIpc) is 3.01. The predicted molar refractivity (Wildman–Crippen MR) is 90.7 cm³/mol. The Bertz CT molecular complexity index is 699. The SMILES string of the molecule is CC(C)C(C)(CN)NC(=O)CCc1ncc(-c2ccccc2F)o1. The molecule has 6 heteroatoms. The lowest BCUT2D eigenvalue weighted by atomic mass is 9.88. The molecule has 24 heavy (non-hydrogen) atoms. The lowest BCUT2D eigenvalue weighted by molar-refractivity contribution is -0.123. The van der Waals surface area contributed by atoms with Crippen molar-refractivity contribution < 1.29 is 13.6 Å². The fourth-order valence-electron chi connectivity index (χ4n) is 2.24. The first-order valence-corrected chi connectivity index (χ1v) is 8.06. The molecular weight excluding hydrogens is 309 g/mol. The van der Waals surface area contributed by atoms with Crippen molar-refractivity contribution in [2.75, 3.05) is 6.54 Å². The summed E-state index contributed by atoms with van der Waals surface area (Å²) in [6.45, 7) is 6.33. The summed E-state index contributed by atoms with van der Waals surface area (Å²) < 4.78 is 19.3. The molecule has 0 aliphatic heterocycles. The summed E-state index contributed by atoms with van der Waals surface area (Å²) in [5, 5.41) is 2.97. The average molecular weight is 333 g/mol. The van der Waals surface area contributed by atoms with Gasteiger partial charge in [0, 0.05) is 19.4 Å². The number of aryl methyl sites for hydroxylation is 1. The lowest BCUT2D eigenvalue weighted by Crippen LogP contribution is -2.55. The highest BCUT2D eigenvalue weighted by atomic mass is 19.1. The van der Waals surface area contributed by atoms with Crippen molar-refractivity contribution in [3.8, 4) is 11.3 Å². The van der Waals surface area contributed by atoms with Crippen molar-refractivity contribution in [2.24, 2.45) is 11.7 Å². The Morgan fingerprint density at radius 3 is 2.75 bits per heavy atom. The monoisotopic (exact) mass is 333 g/mol. The van der Waals surface area contributed by atoms with Crippen LogP contribution in [0.15, 0.2) is 34.9 Å². The van der Waals surface area contributed by atoms with E-state index in [9.17, 15) is 9.18 Å². The molecule has 1 atom stereocenters. The minimum atomic E-state index is -0.438. The van der Waals surface area contributed by atoms with Gasteiger partial charge in [0.25, 0.3) is 0 Å². The molecule has 1 aromatic heterocycles. The van der Waals surface area contributed by atoms with Gasteiger partial charge in [0.05, 0.1) is 17.3 Å². The number of nitrogens with one attached hydrogen (secondary N) is 1. The van der Waals surface area contributed by atoms with Gasteiger partial charge in [-0.15, -0.1) is 0 Å². The number of amides is 1. The zero-order valence-corrected chi connectivity index (χ0v) is 14.3. The number of hydrogen-bond donors (Lipinski definition) is 2. The summed E-state index contributed by atoms with van der Waals surface area (Å²) in [6, 6.07) is 6.34. The molecule has 2 aromatic rings. The Hall–Kier alpha value is -2.21. The quantitative estimate of drug-likeness (QED) is 0.816. The predicted octanol–water partition coefficient (Wildman–Crippen LogP) is 2.90. The van der Waals surface area contributed by atoms with Gasteiger partial charge in [-0.25, -0.2) is 9.37 Å². The highest BCUT2D eigenvalue weighted by molar-refractivity contribution is 5.77. The highest BCUT2D eigenvalue weighted by Gasteiger charge is 2.28. The van der Waals surface area contributed by atoms with E-state index in [1.54, 1.807) is 18.2 Å². The number of oxazole rings is 1. The van der Waals surface area contributed by atoms with Crippen LogP contribution >= 0.6 is 0 Å². The van der Waals surface area contributed by atoms with E-state index in [0.29, 0.717) is 30.2 Å². The van der Waals surface area contributed by atoms with Crippen LogP contribution in [-0.2, 0) is 11.2 Å². The van der Waals surface area contributed by atoms with Gasteiger partial charge in [-0.2, -0.15) is 0 Å². The van der Waals surface area contributed by atoms with Crippen LogP contribution < -0.4 is 11.1 Å². The summed E-state index contributed by atoms with van der Waals surface area (Å²) in [5.74, 6) is 0.511. The molecule has 1 unspecified atom stereocenters. The lowest BCUT2D eigenvalue weighted by Gasteiger charge is -2.33. The van der Waals surface area contributed by atoms with E-state index in [1.807, 2.05) is 20.8 Å². The standard InChI is InChI=1S/C18H24FN3O2/c1-12(2)18(3,11-20)22-16(23)8-9-17-21-10-15(24-17)13-6-4-5-7-14(13)19/h4-7,10,12H,8-9,11,20H2,1-3H3,(H,22,23). The molecule has 1 heterocycles. The zero-order valence-electron chi connectivity index (χ0n) is 14.3. The number of carbonyl (C=O) groups excluding carboxylic acids is 1. The minimum Gasteiger partial charge on any atom is -0.441 e. The summed E-state index contributed by atoms with van der Waals surface area (Å²) in [7, 11) is 0. The second-order valence-corrected chi connectivity index (χ2v) is 6.42. The van der Waals surface area contributed by atoms with Crippen LogP contribution in [0.5, 0.6) is 0 Å². The zero-order chi connectivity index (χ0) is 17.7. The third-order valence-electron chi connectivity index (χ3n) is 4.38. The molecule has 0 aliphatic rings. The van der Waals surface area contributed by atoms with Crippen LogP contribution in [0.4, 0.5) is 4.39 Å². The second kappa shape index (κ2) is 7.57. The molecule has 2 rings (SSSR count). The van der Waals surface area contributed by atoms with Gasteiger partial charge < -0.3 is 15.5 Å². The van der Waals surface area contributed by atoms with Gasteiger partial charge in [0.15, 0.2) is 11.7 Å². The summed E-state index contributed by atoms with van der Waals surface area (Å²) >= 11 is 0. The fraction of sp³-hybridized carbons (Fsp3) is 0.444. The Kier molecular flexibility index (Phi) is 5.72. The Labute approximate surface area is 141 Å². The van der Waals surface area contributed by atoms with Crippen molar-refractivity contribution in [1.29, 1.82) is 0 Å². The molecule has 5 nitrogen and oxygen atoms in total. The van der Waals surface area contributed by atoms with Crippen LogP contribution in [-0.4, -0.2) is 23.0 Å². The first kappa shape index (κ1) is 18.1. The van der Waals surface area contributed by atoms with E-state index < -0.39 is 5.54 Å². The van der Waals surface area contributed by atoms with Crippen molar-refractivity contribution in [2.45, 2.75) is 39.2 Å². The molecule has 0 saturated heterocycles. The Morgan fingerprint density at radius 2 is 2.12 bits per heavy atom. The van der Waals surface area contributed by atoms with Gasteiger partial charge in [0.1, 0.15) is 5.82 Å². The molecule has 0 aliphatic carbocycles. The van der Waals surface area contributed by atoms with E-state index in [0.717, 1.165) is 0 Å². The van der Waals surface area contributed by atoms with Crippen LogP contribution in [0.2, 0.25) is 0 Å².